The number of fused-ring (bicyclic) bond motifs is 1. The van der Waals surface area contributed by atoms with Crippen LogP contribution < -0.4 is 10.6 Å². The van der Waals surface area contributed by atoms with Crippen molar-refractivity contribution >= 4 is 17.0 Å². The van der Waals surface area contributed by atoms with E-state index in [2.05, 4.69) is 45.7 Å². The van der Waals surface area contributed by atoms with Gasteiger partial charge in [-0.1, -0.05) is 12.1 Å². The molecule has 17 heavy (non-hydrogen) atoms. The van der Waals surface area contributed by atoms with Gasteiger partial charge in [-0.15, -0.1) is 0 Å². The largest absolute Gasteiger partial charge is 0.384 e. The minimum atomic E-state index is 0.948. The highest BCUT2D eigenvalue weighted by atomic mass is 32.1. The summed E-state index contributed by atoms with van der Waals surface area (Å²) in [5.74, 6) is 0. The zero-order valence-corrected chi connectivity index (χ0v) is 10.5. The van der Waals surface area contributed by atoms with Crippen molar-refractivity contribution in [3.8, 4) is 0 Å². The molecule has 1 aromatic carbocycles. The second-order valence-electron chi connectivity index (χ2n) is 4.40. The Bertz CT molecular complexity index is 491. The van der Waals surface area contributed by atoms with Gasteiger partial charge in [-0.05, 0) is 46.0 Å². The van der Waals surface area contributed by atoms with Crippen LogP contribution in [0, 0.1) is 0 Å². The van der Waals surface area contributed by atoms with E-state index < -0.39 is 0 Å². The summed E-state index contributed by atoms with van der Waals surface area (Å²) in [4.78, 5) is 0. The van der Waals surface area contributed by atoms with Gasteiger partial charge in [0.25, 0.3) is 0 Å². The highest BCUT2D eigenvalue weighted by Crippen LogP contribution is 2.22. The summed E-state index contributed by atoms with van der Waals surface area (Å²) in [6.45, 7) is 2.99. The van der Waals surface area contributed by atoms with Crippen molar-refractivity contribution in [2.75, 3.05) is 11.9 Å². The molecule has 1 aromatic heterocycles. The van der Waals surface area contributed by atoms with Crippen molar-refractivity contribution in [2.45, 2.75) is 19.5 Å². The van der Waals surface area contributed by atoms with Crippen LogP contribution in [0.5, 0.6) is 0 Å². The Kier molecular flexibility index (Phi) is 3.12. The predicted molar refractivity (Wildman–Crippen MR) is 73.5 cm³/mol. The quantitative estimate of drug-likeness (QED) is 0.864. The van der Waals surface area contributed by atoms with E-state index in [-0.39, 0.29) is 0 Å². The van der Waals surface area contributed by atoms with Gasteiger partial charge in [0.1, 0.15) is 0 Å². The zero-order valence-electron chi connectivity index (χ0n) is 9.70. The van der Waals surface area contributed by atoms with Gasteiger partial charge >= 0.3 is 0 Å². The van der Waals surface area contributed by atoms with Crippen molar-refractivity contribution in [1.29, 1.82) is 0 Å². The second kappa shape index (κ2) is 4.90. The van der Waals surface area contributed by atoms with Crippen LogP contribution in [0.2, 0.25) is 0 Å². The van der Waals surface area contributed by atoms with E-state index in [4.69, 9.17) is 0 Å². The minimum absolute atomic E-state index is 0.948. The molecule has 0 radical (unpaired) electrons. The second-order valence-corrected chi connectivity index (χ2v) is 5.18. The first-order valence-corrected chi connectivity index (χ1v) is 6.93. The molecule has 0 fully saturated rings. The molecule has 0 unspecified atom stereocenters. The van der Waals surface area contributed by atoms with Gasteiger partial charge < -0.3 is 10.6 Å². The lowest BCUT2D eigenvalue weighted by atomic mass is 10.1. The zero-order chi connectivity index (χ0) is 11.5. The van der Waals surface area contributed by atoms with Crippen molar-refractivity contribution in [3.05, 3.63) is 51.7 Å². The topological polar surface area (TPSA) is 24.1 Å². The van der Waals surface area contributed by atoms with E-state index in [1.165, 1.54) is 22.4 Å². The van der Waals surface area contributed by atoms with E-state index in [0.29, 0.717) is 0 Å². The third-order valence-electron chi connectivity index (χ3n) is 3.12. The smallest absolute Gasteiger partial charge is 0.0373 e. The minimum Gasteiger partial charge on any atom is -0.384 e. The Hall–Kier alpha value is -1.32. The molecule has 0 saturated carbocycles. The molecular weight excluding hydrogens is 228 g/mol. The number of benzene rings is 1. The Morgan fingerprint density at radius 2 is 2.12 bits per heavy atom. The molecule has 88 valence electrons. The number of thiophene rings is 1. The van der Waals surface area contributed by atoms with E-state index in [1.807, 2.05) is 0 Å². The maximum atomic E-state index is 3.48. The van der Waals surface area contributed by atoms with E-state index in [9.17, 15) is 0 Å². The standard InChI is InChI=1S/C14H16N2S/c1-2-14-13(3-5-16-14)7-11(1)8-15-9-12-4-6-17-10-12/h1-2,4,6-7,10,15-16H,3,5,8-9H2. The Labute approximate surface area is 106 Å². The van der Waals surface area contributed by atoms with Gasteiger partial charge in [0.2, 0.25) is 0 Å². The van der Waals surface area contributed by atoms with Gasteiger partial charge in [0.05, 0.1) is 0 Å². The molecule has 2 heterocycles. The van der Waals surface area contributed by atoms with Crippen molar-refractivity contribution < 1.29 is 0 Å². The number of hydrogen-bond donors (Lipinski definition) is 2. The molecule has 2 N–H and O–H groups in total. The molecule has 0 spiro atoms. The maximum Gasteiger partial charge on any atom is 0.0373 e. The molecule has 0 bridgehead atoms. The molecule has 1 aliphatic rings. The summed E-state index contributed by atoms with van der Waals surface area (Å²) in [5, 5.41) is 11.2. The monoisotopic (exact) mass is 244 g/mol. The lowest BCUT2D eigenvalue weighted by Crippen LogP contribution is -2.12. The summed E-state index contributed by atoms with van der Waals surface area (Å²) in [6.07, 6.45) is 1.16. The fourth-order valence-corrected chi connectivity index (χ4v) is 2.88. The third kappa shape index (κ3) is 2.51. The van der Waals surface area contributed by atoms with Crippen LogP contribution in [0.1, 0.15) is 16.7 Å². The first-order chi connectivity index (χ1) is 8.42. The van der Waals surface area contributed by atoms with Gasteiger partial charge in [0.15, 0.2) is 0 Å². The Morgan fingerprint density at radius 3 is 3.00 bits per heavy atom. The van der Waals surface area contributed by atoms with Gasteiger partial charge in [0, 0.05) is 25.3 Å². The van der Waals surface area contributed by atoms with E-state index in [0.717, 1.165) is 26.1 Å². The summed E-state index contributed by atoms with van der Waals surface area (Å²) in [7, 11) is 0. The van der Waals surface area contributed by atoms with E-state index in [1.54, 1.807) is 11.3 Å². The number of hydrogen-bond acceptors (Lipinski definition) is 3. The van der Waals surface area contributed by atoms with Crippen LogP contribution in [0.25, 0.3) is 0 Å². The molecular formula is C14H16N2S. The van der Waals surface area contributed by atoms with Crippen molar-refractivity contribution in [2.24, 2.45) is 0 Å². The normalized spacial score (nSPS) is 13.4. The summed E-state index contributed by atoms with van der Waals surface area (Å²) < 4.78 is 0. The molecule has 0 saturated heterocycles. The predicted octanol–water partition coefficient (Wildman–Crippen LogP) is 3.01. The SMILES string of the molecule is c1cc(CNCc2ccc3c(c2)CCN3)cs1. The summed E-state index contributed by atoms with van der Waals surface area (Å²) in [6, 6.07) is 8.89. The lowest BCUT2D eigenvalue weighted by molar-refractivity contribution is 0.694. The van der Waals surface area contributed by atoms with Crippen LogP contribution in [-0.4, -0.2) is 6.54 Å². The average Bonchev–Trinajstić information content (AvgIpc) is 2.98. The third-order valence-corrected chi connectivity index (χ3v) is 3.85. The first kappa shape index (κ1) is 10.8. The number of anilines is 1. The molecule has 0 aliphatic carbocycles. The molecule has 2 nitrogen and oxygen atoms in total. The fraction of sp³-hybridized carbons (Fsp3) is 0.286. The Morgan fingerprint density at radius 1 is 1.18 bits per heavy atom. The maximum absolute atomic E-state index is 3.48. The fourth-order valence-electron chi connectivity index (χ4n) is 2.21. The summed E-state index contributed by atoms with van der Waals surface area (Å²) in [5.41, 5.74) is 5.52. The number of nitrogens with one attached hydrogen (secondary N) is 2. The highest BCUT2D eigenvalue weighted by Gasteiger charge is 2.09. The molecule has 1 aliphatic heterocycles. The van der Waals surface area contributed by atoms with Gasteiger partial charge in [-0.3, -0.25) is 0 Å². The van der Waals surface area contributed by atoms with E-state index >= 15 is 0 Å². The van der Waals surface area contributed by atoms with Crippen LogP contribution >= 0.6 is 11.3 Å². The molecule has 0 amide bonds. The average molecular weight is 244 g/mol. The van der Waals surface area contributed by atoms with Crippen molar-refractivity contribution in [1.82, 2.24) is 5.32 Å². The van der Waals surface area contributed by atoms with Crippen molar-refractivity contribution in [3.63, 3.8) is 0 Å². The van der Waals surface area contributed by atoms with Crippen LogP contribution in [0.4, 0.5) is 5.69 Å². The highest BCUT2D eigenvalue weighted by molar-refractivity contribution is 7.07. The molecule has 2 aromatic rings. The summed E-state index contributed by atoms with van der Waals surface area (Å²) >= 11 is 1.75. The Balaban J connectivity index is 1.58. The molecule has 0 atom stereocenters. The van der Waals surface area contributed by atoms with Gasteiger partial charge in [-0.2, -0.15) is 11.3 Å². The lowest BCUT2D eigenvalue weighted by Gasteiger charge is -2.06. The van der Waals surface area contributed by atoms with Gasteiger partial charge in [-0.25, -0.2) is 0 Å². The number of rotatable bonds is 4. The first-order valence-electron chi connectivity index (χ1n) is 5.99. The van der Waals surface area contributed by atoms with Crippen LogP contribution in [0.15, 0.2) is 35.0 Å². The molecule has 3 heteroatoms. The van der Waals surface area contributed by atoms with Crippen LogP contribution in [-0.2, 0) is 19.5 Å². The molecule has 3 rings (SSSR count). The van der Waals surface area contributed by atoms with Crippen LogP contribution in [0.3, 0.4) is 0 Å².